The molecule has 0 saturated carbocycles. The van der Waals surface area contributed by atoms with E-state index in [1.807, 2.05) is 30.3 Å². The number of carbonyl (C=O) groups is 3. The van der Waals surface area contributed by atoms with Crippen molar-refractivity contribution < 1.29 is 24.2 Å². The number of β-amino-alcohol motifs (C(OH)–C–C–N with tert-alkyl or cyclic N) is 1. The number of fused-ring (bicyclic) bond motifs is 1. The van der Waals surface area contributed by atoms with Gasteiger partial charge in [0.15, 0.2) is 0 Å². The summed E-state index contributed by atoms with van der Waals surface area (Å²) in [5.41, 5.74) is 0.128. The Balaban J connectivity index is 1.54. The number of benzene rings is 2. The third-order valence-electron chi connectivity index (χ3n) is 8.02. The van der Waals surface area contributed by atoms with Crippen molar-refractivity contribution in [2.45, 2.75) is 30.6 Å². The highest BCUT2D eigenvalue weighted by Crippen LogP contribution is 2.59. The molecule has 9 heteroatoms. The van der Waals surface area contributed by atoms with Crippen molar-refractivity contribution >= 4 is 40.7 Å². The smallest absolute Gasteiger partial charge is 0.253 e. The molecular weight excluding hydrogens is 518 g/mol. The molecule has 39 heavy (non-hydrogen) atoms. The minimum Gasteiger partial charge on any atom is -0.395 e. The van der Waals surface area contributed by atoms with Crippen LogP contribution in [0.4, 0.5) is 11.4 Å². The molecule has 3 aliphatic rings. The molecule has 0 aliphatic carbocycles. The molecule has 2 unspecified atom stereocenters. The molecule has 3 saturated heterocycles. The number of nitrogens with zero attached hydrogens (tertiary/aromatic N) is 3. The Morgan fingerprint density at radius 3 is 2.26 bits per heavy atom. The molecule has 1 spiro atoms. The highest BCUT2D eigenvalue weighted by molar-refractivity contribution is 6.30. The fourth-order valence-corrected chi connectivity index (χ4v) is 6.65. The van der Waals surface area contributed by atoms with Gasteiger partial charge in [0.2, 0.25) is 11.8 Å². The number of rotatable bonds is 10. The summed E-state index contributed by atoms with van der Waals surface area (Å²) in [7, 11) is 0. The number of para-hydroxylation sites is 1. The second kappa shape index (κ2) is 11.0. The Morgan fingerprint density at radius 2 is 1.64 bits per heavy atom. The van der Waals surface area contributed by atoms with Crippen molar-refractivity contribution in [3.05, 3.63) is 84.9 Å². The summed E-state index contributed by atoms with van der Waals surface area (Å²) in [6, 6.07) is 15.1. The second-order valence-electron chi connectivity index (χ2n) is 10.1. The van der Waals surface area contributed by atoms with Gasteiger partial charge in [0.05, 0.1) is 24.5 Å². The van der Waals surface area contributed by atoms with Gasteiger partial charge in [0.25, 0.3) is 5.91 Å². The van der Waals surface area contributed by atoms with Gasteiger partial charge in [-0.2, -0.15) is 0 Å². The molecule has 5 atom stereocenters. The predicted octanol–water partition coefficient (Wildman–Crippen LogP) is 3.45. The average Bonchev–Trinajstić information content (AvgIpc) is 3.59. The minimum atomic E-state index is -1.17. The SMILES string of the molecule is C=CCN(C(=O)C1N(CCO)C(=O)[C@@H]2[C@@H](C(=O)N(CC=C)c3ccccc3)[C@H]3CCC12O3)c1ccc(Cl)cc1. The largest absolute Gasteiger partial charge is 0.395 e. The Morgan fingerprint density at radius 1 is 1.03 bits per heavy atom. The normalized spacial score (nSPS) is 26.8. The Kier molecular flexibility index (Phi) is 7.62. The molecule has 3 aliphatic heterocycles. The van der Waals surface area contributed by atoms with E-state index in [4.69, 9.17) is 16.3 Å². The molecule has 1 N–H and O–H groups in total. The Hall–Kier alpha value is -3.46. The van der Waals surface area contributed by atoms with Gasteiger partial charge < -0.3 is 24.5 Å². The van der Waals surface area contributed by atoms with Gasteiger partial charge in [-0.3, -0.25) is 14.4 Å². The molecule has 2 bridgehead atoms. The summed E-state index contributed by atoms with van der Waals surface area (Å²) in [4.78, 5) is 47.0. The lowest BCUT2D eigenvalue weighted by molar-refractivity contribution is -0.141. The number of anilines is 2. The van der Waals surface area contributed by atoms with Crippen LogP contribution in [-0.2, 0) is 19.1 Å². The summed E-state index contributed by atoms with van der Waals surface area (Å²) >= 11 is 6.08. The fraction of sp³-hybridized carbons (Fsp3) is 0.367. The standard InChI is InChI=1S/C30H32ClN3O5/c1-3-16-32(21-8-6-5-7-9-21)27(36)24-23-14-15-30(39-23)25(24)28(37)34(18-19-35)26(30)29(38)33(17-4-2)22-12-10-20(31)11-13-22/h3-13,23-26,35H,1-2,14-19H2/t23-,24+,25+,26?,30?/m1/s1. The van der Waals surface area contributed by atoms with Crippen molar-refractivity contribution in [3.8, 4) is 0 Å². The maximum absolute atomic E-state index is 14.3. The van der Waals surface area contributed by atoms with Crippen LogP contribution in [0.1, 0.15) is 12.8 Å². The van der Waals surface area contributed by atoms with Crippen LogP contribution in [0.25, 0.3) is 0 Å². The van der Waals surface area contributed by atoms with Crippen LogP contribution in [0.15, 0.2) is 79.9 Å². The highest BCUT2D eigenvalue weighted by Gasteiger charge is 2.75. The van der Waals surface area contributed by atoms with Crippen molar-refractivity contribution in [2.24, 2.45) is 11.8 Å². The lowest BCUT2D eigenvalue weighted by Gasteiger charge is -2.36. The Labute approximate surface area is 233 Å². The number of likely N-dealkylation sites (tertiary alicyclic amines) is 1. The predicted molar refractivity (Wildman–Crippen MR) is 149 cm³/mol. The maximum atomic E-state index is 14.3. The van der Waals surface area contributed by atoms with E-state index in [9.17, 15) is 19.5 Å². The molecular formula is C30H32ClN3O5. The minimum absolute atomic E-state index is 0.0416. The number of hydrogen-bond acceptors (Lipinski definition) is 5. The quantitative estimate of drug-likeness (QED) is 0.459. The summed E-state index contributed by atoms with van der Waals surface area (Å²) in [6.07, 6.45) is 3.79. The summed E-state index contributed by atoms with van der Waals surface area (Å²) in [6.45, 7) is 7.72. The van der Waals surface area contributed by atoms with Gasteiger partial charge in [-0.15, -0.1) is 13.2 Å². The van der Waals surface area contributed by atoms with E-state index < -0.39 is 29.6 Å². The monoisotopic (exact) mass is 549 g/mol. The maximum Gasteiger partial charge on any atom is 0.253 e. The van der Waals surface area contributed by atoms with Crippen molar-refractivity contribution in [2.75, 3.05) is 36.0 Å². The number of aliphatic hydroxyl groups excluding tert-OH is 1. The zero-order valence-electron chi connectivity index (χ0n) is 21.6. The number of amides is 3. The van der Waals surface area contributed by atoms with Crippen LogP contribution in [0, 0.1) is 11.8 Å². The van der Waals surface area contributed by atoms with Crippen LogP contribution in [0.5, 0.6) is 0 Å². The van der Waals surface area contributed by atoms with Gasteiger partial charge in [-0.1, -0.05) is 42.0 Å². The van der Waals surface area contributed by atoms with E-state index in [0.717, 1.165) is 0 Å². The van der Waals surface area contributed by atoms with E-state index in [1.54, 1.807) is 46.2 Å². The molecule has 8 nitrogen and oxygen atoms in total. The molecule has 2 aromatic carbocycles. The molecule has 3 amide bonds. The van der Waals surface area contributed by atoms with E-state index in [-0.39, 0.29) is 44.0 Å². The second-order valence-corrected chi connectivity index (χ2v) is 10.5. The van der Waals surface area contributed by atoms with Crippen LogP contribution in [-0.4, -0.2) is 71.7 Å². The topological polar surface area (TPSA) is 90.4 Å². The third kappa shape index (κ3) is 4.46. The molecule has 3 fully saturated rings. The average molecular weight is 550 g/mol. The first-order valence-electron chi connectivity index (χ1n) is 13.1. The fourth-order valence-electron chi connectivity index (χ4n) is 6.52. The summed E-state index contributed by atoms with van der Waals surface area (Å²) < 4.78 is 6.53. The van der Waals surface area contributed by atoms with Gasteiger partial charge in [0.1, 0.15) is 11.6 Å². The number of aliphatic hydroxyl groups is 1. The van der Waals surface area contributed by atoms with Crippen LogP contribution >= 0.6 is 11.6 Å². The number of halogens is 1. The van der Waals surface area contributed by atoms with Crippen molar-refractivity contribution in [3.63, 3.8) is 0 Å². The highest BCUT2D eigenvalue weighted by atomic mass is 35.5. The van der Waals surface area contributed by atoms with Crippen molar-refractivity contribution in [1.82, 2.24) is 4.90 Å². The van der Waals surface area contributed by atoms with E-state index in [2.05, 4.69) is 13.2 Å². The van der Waals surface area contributed by atoms with E-state index in [1.165, 1.54) is 4.90 Å². The third-order valence-corrected chi connectivity index (χ3v) is 8.27. The first-order valence-corrected chi connectivity index (χ1v) is 13.5. The molecule has 3 heterocycles. The lowest BCUT2D eigenvalue weighted by Crippen LogP contribution is -2.57. The molecule has 2 aromatic rings. The zero-order chi connectivity index (χ0) is 27.7. The van der Waals surface area contributed by atoms with Gasteiger partial charge in [-0.25, -0.2) is 0 Å². The molecule has 0 radical (unpaired) electrons. The summed E-state index contributed by atoms with van der Waals surface area (Å²) in [5, 5.41) is 10.4. The van der Waals surface area contributed by atoms with Crippen molar-refractivity contribution in [1.29, 1.82) is 0 Å². The molecule has 5 rings (SSSR count). The van der Waals surface area contributed by atoms with Gasteiger partial charge >= 0.3 is 0 Å². The van der Waals surface area contributed by atoms with Gasteiger partial charge in [0, 0.05) is 36.0 Å². The first kappa shape index (κ1) is 27.1. The lowest BCUT2D eigenvalue weighted by atomic mass is 9.70. The van der Waals surface area contributed by atoms with E-state index in [0.29, 0.717) is 29.2 Å². The number of carbonyl (C=O) groups excluding carboxylic acids is 3. The van der Waals surface area contributed by atoms with Crippen LogP contribution in [0.2, 0.25) is 5.02 Å². The van der Waals surface area contributed by atoms with Crippen LogP contribution < -0.4 is 9.80 Å². The molecule has 0 aromatic heterocycles. The number of ether oxygens (including phenoxy) is 1. The Bertz CT molecular complexity index is 1270. The summed E-state index contributed by atoms with van der Waals surface area (Å²) in [5.74, 6) is -2.51. The first-order chi connectivity index (χ1) is 18.9. The number of hydrogen-bond donors (Lipinski definition) is 1. The van der Waals surface area contributed by atoms with Gasteiger partial charge in [-0.05, 0) is 49.2 Å². The zero-order valence-corrected chi connectivity index (χ0v) is 22.4. The van der Waals surface area contributed by atoms with Crippen LogP contribution in [0.3, 0.4) is 0 Å². The molecule has 204 valence electrons. The van der Waals surface area contributed by atoms with E-state index >= 15 is 0 Å².